The first-order valence-corrected chi connectivity index (χ1v) is 8.13. The monoisotopic (exact) mass is 314 g/mol. The van der Waals surface area contributed by atoms with Crippen LogP contribution in [-0.2, 0) is 18.8 Å². The average molecular weight is 314 g/mol. The molecule has 4 heteroatoms. The highest BCUT2D eigenvalue weighted by Gasteiger charge is 2.22. The zero-order valence-corrected chi connectivity index (χ0v) is 15.3. The molecule has 0 aliphatic rings. The molecule has 0 saturated carbocycles. The van der Waals surface area contributed by atoms with Crippen LogP contribution in [0.1, 0.15) is 56.5 Å². The number of para-hydroxylation sites is 1. The molecule has 124 valence electrons. The number of methoxy groups -OCH3 is 1. The Bertz CT molecular complexity index is 666. The Hall–Kier alpha value is -2.10. The summed E-state index contributed by atoms with van der Waals surface area (Å²) in [7, 11) is 5.68. The zero-order valence-electron chi connectivity index (χ0n) is 15.3. The molecule has 2 rings (SSSR count). The highest BCUT2D eigenvalue weighted by Crippen LogP contribution is 2.35. The molecule has 1 aromatic carbocycles. The van der Waals surface area contributed by atoms with E-state index in [1.165, 1.54) is 11.1 Å². The topological polar surface area (TPSA) is 30.4 Å². The number of hydrogen-bond donors (Lipinski definition) is 0. The second-order valence-corrected chi connectivity index (χ2v) is 6.56. The predicted octanol–water partition coefficient (Wildman–Crippen LogP) is 3.82. The number of aromatic nitrogens is 2. The third kappa shape index (κ3) is 3.46. The van der Waals surface area contributed by atoms with E-state index in [1.807, 2.05) is 35.6 Å². The van der Waals surface area contributed by atoms with Crippen LogP contribution in [0.15, 0.2) is 35.6 Å². The van der Waals surface area contributed by atoms with Gasteiger partial charge >= 0.3 is 11.7 Å². The van der Waals surface area contributed by atoms with Gasteiger partial charge < -0.3 is 4.74 Å². The second-order valence-electron chi connectivity index (χ2n) is 6.56. The number of imidazole rings is 1. The van der Waals surface area contributed by atoms with E-state index in [9.17, 15) is 0 Å². The number of nitrogens with zero attached hydrogens (tertiary/aromatic N) is 3. The number of benzene rings is 1. The van der Waals surface area contributed by atoms with Gasteiger partial charge in [0.2, 0.25) is 0 Å². The molecule has 0 unspecified atom stereocenters. The first-order valence-electron chi connectivity index (χ1n) is 8.13. The molecule has 23 heavy (non-hydrogen) atoms. The molecular weight excluding hydrogens is 286 g/mol. The van der Waals surface area contributed by atoms with E-state index in [-0.39, 0.29) is 0 Å². The van der Waals surface area contributed by atoms with Crippen molar-refractivity contribution in [3.63, 3.8) is 0 Å². The van der Waals surface area contributed by atoms with Crippen LogP contribution in [0.2, 0.25) is 0 Å². The number of aliphatic imine (C=N–C) groups is 1. The minimum Gasteiger partial charge on any atom is -0.475 e. The quantitative estimate of drug-likeness (QED) is 0.479. The van der Waals surface area contributed by atoms with Gasteiger partial charge in [-0.15, -0.1) is 0 Å². The molecule has 0 bridgehead atoms. The molecule has 1 aromatic heterocycles. The normalized spacial score (nSPS) is 12.3. The van der Waals surface area contributed by atoms with Crippen molar-refractivity contribution in [2.24, 2.45) is 19.1 Å². The molecule has 0 radical (unpaired) electrons. The van der Waals surface area contributed by atoms with Gasteiger partial charge in [-0.25, -0.2) is 14.1 Å². The van der Waals surface area contributed by atoms with Crippen LogP contribution >= 0.6 is 0 Å². The highest BCUT2D eigenvalue weighted by atomic mass is 16.5. The van der Waals surface area contributed by atoms with Crippen LogP contribution in [0.3, 0.4) is 0 Å². The summed E-state index contributed by atoms with van der Waals surface area (Å²) < 4.78 is 9.68. The van der Waals surface area contributed by atoms with Gasteiger partial charge in [0, 0.05) is 0 Å². The van der Waals surface area contributed by atoms with E-state index in [4.69, 9.17) is 9.73 Å². The van der Waals surface area contributed by atoms with E-state index in [1.54, 1.807) is 7.11 Å². The maximum atomic E-state index is 5.64. The third-order valence-corrected chi connectivity index (χ3v) is 4.12. The van der Waals surface area contributed by atoms with Crippen LogP contribution in [0.25, 0.3) is 0 Å². The Labute approximate surface area is 139 Å². The van der Waals surface area contributed by atoms with Gasteiger partial charge in [-0.05, 0) is 23.0 Å². The molecule has 2 aromatic rings. The van der Waals surface area contributed by atoms with Crippen molar-refractivity contribution in [3.05, 3.63) is 47.5 Å². The van der Waals surface area contributed by atoms with Gasteiger partial charge in [0.15, 0.2) is 0 Å². The molecule has 0 spiro atoms. The largest absolute Gasteiger partial charge is 0.475 e. The van der Waals surface area contributed by atoms with Crippen molar-refractivity contribution in [2.75, 3.05) is 7.11 Å². The summed E-state index contributed by atoms with van der Waals surface area (Å²) in [5.41, 5.74) is 3.54. The molecule has 1 heterocycles. The first-order chi connectivity index (χ1) is 10.9. The molecule has 0 atom stereocenters. The van der Waals surface area contributed by atoms with E-state index in [2.05, 4.69) is 45.9 Å². The Morgan fingerprint density at radius 2 is 1.70 bits per heavy atom. The molecule has 0 N–H and O–H groups in total. The van der Waals surface area contributed by atoms with Crippen LogP contribution in [0.5, 0.6) is 0 Å². The standard InChI is InChI=1S/C19H28N3O/c1-13(2)15-9-8-10-16(14(3)4)17(15)20-18(23-7)19-21(5)11-12-22(19)6/h8-14H,1-7H3/q+1. The van der Waals surface area contributed by atoms with Gasteiger partial charge in [-0.2, -0.15) is 0 Å². The fraction of sp³-hybridized carbons (Fsp3) is 0.474. The summed E-state index contributed by atoms with van der Waals surface area (Å²) in [4.78, 5) is 4.94. The first kappa shape index (κ1) is 17.3. The van der Waals surface area contributed by atoms with E-state index in [0.29, 0.717) is 17.7 Å². The van der Waals surface area contributed by atoms with Crippen molar-refractivity contribution in [1.82, 2.24) is 4.57 Å². The SMILES string of the molecule is COC(=Nc1c(C(C)C)cccc1C(C)C)c1n(C)cc[n+]1C. The Kier molecular flexibility index (Phi) is 5.24. The van der Waals surface area contributed by atoms with Crippen molar-refractivity contribution in [3.8, 4) is 0 Å². The number of hydrogen-bond acceptors (Lipinski definition) is 2. The lowest BCUT2D eigenvalue weighted by Crippen LogP contribution is -2.35. The predicted molar refractivity (Wildman–Crippen MR) is 94.4 cm³/mol. The van der Waals surface area contributed by atoms with Gasteiger partial charge in [0.1, 0.15) is 12.4 Å². The van der Waals surface area contributed by atoms with Crippen LogP contribution < -0.4 is 4.57 Å². The van der Waals surface area contributed by atoms with Gasteiger partial charge in [0.25, 0.3) is 0 Å². The fourth-order valence-corrected chi connectivity index (χ4v) is 2.82. The molecule has 0 saturated heterocycles. The second kappa shape index (κ2) is 6.99. The van der Waals surface area contributed by atoms with Crippen LogP contribution in [0.4, 0.5) is 5.69 Å². The lowest BCUT2D eigenvalue weighted by Gasteiger charge is -2.16. The van der Waals surface area contributed by atoms with Gasteiger partial charge in [-0.1, -0.05) is 45.9 Å². The van der Waals surface area contributed by atoms with Crippen molar-refractivity contribution >= 4 is 11.6 Å². The van der Waals surface area contributed by atoms with Crippen LogP contribution in [-0.4, -0.2) is 17.6 Å². The Morgan fingerprint density at radius 1 is 1.13 bits per heavy atom. The van der Waals surface area contributed by atoms with Crippen molar-refractivity contribution < 1.29 is 9.30 Å². The number of aryl methyl sites for hydroxylation is 2. The molecular formula is C19H28N3O+. The zero-order chi connectivity index (χ0) is 17.1. The minimum atomic E-state index is 0.410. The Morgan fingerprint density at radius 3 is 2.09 bits per heavy atom. The maximum absolute atomic E-state index is 5.64. The Balaban J connectivity index is 2.68. The fourth-order valence-electron chi connectivity index (χ4n) is 2.82. The summed E-state index contributed by atoms with van der Waals surface area (Å²) in [6, 6.07) is 6.44. The molecule has 0 amide bonds. The lowest BCUT2D eigenvalue weighted by molar-refractivity contribution is -0.672. The molecule has 0 aliphatic heterocycles. The van der Waals surface area contributed by atoms with Gasteiger partial charge in [-0.3, -0.25) is 0 Å². The van der Waals surface area contributed by atoms with Crippen LogP contribution in [0, 0.1) is 0 Å². The van der Waals surface area contributed by atoms with Crippen molar-refractivity contribution in [2.45, 2.75) is 39.5 Å². The molecule has 0 aliphatic carbocycles. The number of rotatable bonds is 4. The molecule has 4 nitrogen and oxygen atoms in total. The van der Waals surface area contributed by atoms with E-state index in [0.717, 1.165) is 11.5 Å². The van der Waals surface area contributed by atoms with Gasteiger partial charge in [0.05, 0.1) is 26.9 Å². The van der Waals surface area contributed by atoms with Crippen molar-refractivity contribution in [1.29, 1.82) is 0 Å². The summed E-state index contributed by atoms with van der Waals surface area (Å²) in [6.45, 7) is 8.81. The van der Waals surface area contributed by atoms with E-state index < -0.39 is 0 Å². The summed E-state index contributed by atoms with van der Waals surface area (Å²) in [5, 5.41) is 0. The smallest absolute Gasteiger partial charge is 0.344 e. The third-order valence-electron chi connectivity index (χ3n) is 4.12. The van der Waals surface area contributed by atoms with E-state index >= 15 is 0 Å². The maximum Gasteiger partial charge on any atom is 0.344 e. The number of ether oxygens (including phenoxy) is 1. The minimum absolute atomic E-state index is 0.410. The average Bonchev–Trinajstić information content (AvgIpc) is 2.83. The highest BCUT2D eigenvalue weighted by molar-refractivity contribution is 5.92. The lowest BCUT2D eigenvalue weighted by atomic mass is 9.93. The summed E-state index contributed by atoms with van der Waals surface area (Å²) in [5.74, 6) is 2.40. The molecule has 0 fully saturated rings. The summed E-state index contributed by atoms with van der Waals surface area (Å²) >= 11 is 0. The summed E-state index contributed by atoms with van der Waals surface area (Å²) in [6.07, 6.45) is 4.00.